The van der Waals surface area contributed by atoms with Crippen molar-refractivity contribution < 1.29 is 28.9 Å². The maximum atomic E-state index is 13.9. The summed E-state index contributed by atoms with van der Waals surface area (Å²) in [5.74, 6) is -1.94. The summed E-state index contributed by atoms with van der Waals surface area (Å²) in [6.07, 6.45) is 0.817. The lowest BCUT2D eigenvalue weighted by Crippen LogP contribution is -2.30. The largest absolute Gasteiger partial charge is 0.481 e. The number of halogens is 1. The monoisotopic (exact) mass is 301 g/mol. The Balaban J connectivity index is 3.04. The second kappa shape index (κ2) is 8.02. The molecule has 0 aliphatic carbocycles. The number of carboxylic acids is 1. The molecule has 0 bridgehead atoms. The van der Waals surface area contributed by atoms with E-state index in [9.17, 15) is 14.3 Å². The predicted molar refractivity (Wildman–Crippen MR) is 72.2 cm³/mol. The summed E-state index contributed by atoms with van der Waals surface area (Å²) in [4.78, 5) is 14.5. The van der Waals surface area contributed by atoms with Gasteiger partial charge >= 0.3 is 5.97 Å². The van der Waals surface area contributed by atoms with E-state index in [1.54, 1.807) is 6.92 Å². The van der Waals surface area contributed by atoms with E-state index >= 15 is 0 Å². The Hall–Kier alpha value is -1.57. The number of aliphatic hydroxyl groups is 1. The smallest absolute Gasteiger partial charge is 0.306 e. The van der Waals surface area contributed by atoms with Crippen LogP contribution >= 0.6 is 0 Å². The molecule has 1 heterocycles. The van der Waals surface area contributed by atoms with Crippen molar-refractivity contribution in [3.05, 3.63) is 29.3 Å². The van der Waals surface area contributed by atoms with Gasteiger partial charge in [0.25, 0.3) is 0 Å². The third-order valence-corrected chi connectivity index (χ3v) is 3.21. The lowest BCUT2D eigenvalue weighted by atomic mass is 9.85. The molecule has 0 amide bonds. The minimum atomic E-state index is -1.66. The van der Waals surface area contributed by atoms with Gasteiger partial charge in [0, 0.05) is 18.9 Å². The number of aliphatic carboxylic acids is 1. The van der Waals surface area contributed by atoms with E-state index in [1.165, 1.54) is 19.4 Å². The molecule has 0 radical (unpaired) electrons. The predicted octanol–water partition coefficient (Wildman–Crippen LogP) is 1.46. The van der Waals surface area contributed by atoms with Gasteiger partial charge in [-0.2, -0.15) is 4.39 Å². The summed E-state index contributed by atoms with van der Waals surface area (Å²) in [6, 6.07) is 1.42. The number of hydrogen-bond acceptors (Lipinski definition) is 5. The Kier molecular flexibility index (Phi) is 6.67. The van der Waals surface area contributed by atoms with Gasteiger partial charge < -0.3 is 19.7 Å². The highest BCUT2D eigenvalue weighted by molar-refractivity contribution is 5.68. The lowest BCUT2D eigenvalue weighted by molar-refractivity contribution is -0.143. The SMILES string of the molecule is CCC(O)(CC(=O)O)c1ccnc(F)c1COCCOC. The number of ether oxygens (including phenoxy) is 2. The number of pyridine rings is 1. The Bertz CT molecular complexity index is 482. The molecule has 1 rings (SSSR count). The maximum absolute atomic E-state index is 13.9. The molecule has 6 nitrogen and oxygen atoms in total. The summed E-state index contributed by atoms with van der Waals surface area (Å²) in [7, 11) is 1.52. The first kappa shape index (κ1) is 17.5. The number of aromatic nitrogens is 1. The van der Waals surface area contributed by atoms with Crippen molar-refractivity contribution in [3.63, 3.8) is 0 Å². The van der Waals surface area contributed by atoms with Gasteiger partial charge in [-0.25, -0.2) is 4.98 Å². The zero-order valence-electron chi connectivity index (χ0n) is 12.1. The third kappa shape index (κ3) is 4.73. The molecule has 0 fully saturated rings. The molecule has 7 heteroatoms. The van der Waals surface area contributed by atoms with Crippen molar-refractivity contribution in [2.24, 2.45) is 0 Å². The Morgan fingerprint density at radius 1 is 1.48 bits per heavy atom. The minimum absolute atomic E-state index is 0.0687. The van der Waals surface area contributed by atoms with Gasteiger partial charge in [-0.3, -0.25) is 4.79 Å². The van der Waals surface area contributed by atoms with Crippen molar-refractivity contribution >= 4 is 5.97 Å². The third-order valence-electron chi connectivity index (χ3n) is 3.21. The van der Waals surface area contributed by atoms with Gasteiger partial charge in [0.05, 0.1) is 26.2 Å². The second-order valence-electron chi connectivity index (χ2n) is 4.63. The van der Waals surface area contributed by atoms with Crippen LogP contribution in [0.15, 0.2) is 12.3 Å². The van der Waals surface area contributed by atoms with Crippen molar-refractivity contribution in [1.82, 2.24) is 4.98 Å². The highest BCUT2D eigenvalue weighted by Gasteiger charge is 2.33. The summed E-state index contributed by atoms with van der Waals surface area (Å²) < 4.78 is 24.0. The van der Waals surface area contributed by atoms with Gasteiger partial charge in [-0.05, 0) is 18.1 Å². The van der Waals surface area contributed by atoms with E-state index < -0.39 is 23.9 Å². The molecule has 0 spiro atoms. The van der Waals surface area contributed by atoms with Crippen molar-refractivity contribution in [2.45, 2.75) is 32.0 Å². The normalized spacial score (nSPS) is 13.9. The average molecular weight is 301 g/mol. The van der Waals surface area contributed by atoms with Gasteiger partial charge in [0.2, 0.25) is 5.95 Å². The average Bonchev–Trinajstić information content (AvgIpc) is 2.44. The summed E-state index contributed by atoms with van der Waals surface area (Å²) in [5.41, 5.74) is -1.40. The molecule has 0 saturated carbocycles. The first-order valence-corrected chi connectivity index (χ1v) is 6.59. The van der Waals surface area contributed by atoms with E-state index in [2.05, 4.69) is 4.98 Å². The van der Waals surface area contributed by atoms with Crippen molar-refractivity contribution in [3.8, 4) is 0 Å². The van der Waals surface area contributed by atoms with E-state index in [-0.39, 0.29) is 30.8 Å². The minimum Gasteiger partial charge on any atom is -0.481 e. The first-order valence-electron chi connectivity index (χ1n) is 6.59. The fourth-order valence-electron chi connectivity index (χ4n) is 2.02. The van der Waals surface area contributed by atoms with Crippen LogP contribution in [-0.4, -0.2) is 41.5 Å². The van der Waals surface area contributed by atoms with E-state index in [0.717, 1.165) is 0 Å². The molecule has 2 N–H and O–H groups in total. The van der Waals surface area contributed by atoms with E-state index in [1.807, 2.05) is 0 Å². The first-order chi connectivity index (χ1) is 9.94. The fourth-order valence-corrected chi connectivity index (χ4v) is 2.02. The van der Waals surface area contributed by atoms with Crippen LogP contribution in [0.3, 0.4) is 0 Å². The maximum Gasteiger partial charge on any atom is 0.306 e. The molecule has 1 atom stereocenters. The van der Waals surface area contributed by atoms with E-state index in [4.69, 9.17) is 14.6 Å². The van der Waals surface area contributed by atoms with Crippen LogP contribution < -0.4 is 0 Å². The standard InChI is InChI=1S/C14H20FNO5/c1-3-14(19,8-12(17)18)11-4-5-16-13(15)10(11)9-21-7-6-20-2/h4-5,19H,3,6-9H2,1-2H3,(H,17,18). The lowest BCUT2D eigenvalue weighted by Gasteiger charge is -2.27. The second-order valence-corrected chi connectivity index (χ2v) is 4.63. The molecular formula is C14H20FNO5. The number of hydrogen-bond donors (Lipinski definition) is 2. The highest BCUT2D eigenvalue weighted by Crippen LogP contribution is 2.32. The van der Waals surface area contributed by atoms with Crippen LogP contribution in [0.5, 0.6) is 0 Å². The molecule has 1 aromatic heterocycles. The Labute approximate surface area is 122 Å². The Morgan fingerprint density at radius 3 is 2.76 bits per heavy atom. The molecule has 1 unspecified atom stereocenters. The van der Waals surface area contributed by atoms with Crippen LogP contribution in [-0.2, 0) is 26.5 Å². The number of carbonyl (C=O) groups is 1. The number of carboxylic acid groups (broad SMARTS) is 1. The van der Waals surface area contributed by atoms with Crippen molar-refractivity contribution in [2.75, 3.05) is 20.3 Å². The summed E-state index contributed by atoms with van der Waals surface area (Å²) in [5, 5.41) is 19.4. The van der Waals surface area contributed by atoms with Crippen LogP contribution in [0.1, 0.15) is 30.9 Å². The molecule has 1 aromatic rings. The van der Waals surface area contributed by atoms with Crippen LogP contribution in [0.4, 0.5) is 4.39 Å². The van der Waals surface area contributed by atoms with Gasteiger partial charge in [0.15, 0.2) is 0 Å². The summed E-state index contributed by atoms with van der Waals surface area (Å²) >= 11 is 0. The number of rotatable bonds is 9. The molecule has 0 aliphatic heterocycles. The molecule has 0 saturated heterocycles. The molecular weight excluding hydrogens is 281 g/mol. The highest BCUT2D eigenvalue weighted by atomic mass is 19.1. The Morgan fingerprint density at radius 2 is 2.19 bits per heavy atom. The van der Waals surface area contributed by atoms with E-state index in [0.29, 0.717) is 6.61 Å². The molecule has 0 aliphatic rings. The van der Waals surface area contributed by atoms with Crippen LogP contribution in [0.2, 0.25) is 0 Å². The topological polar surface area (TPSA) is 88.9 Å². The number of methoxy groups -OCH3 is 1. The fraction of sp³-hybridized carbons (Fsp3) is 0.571. The quantitative estimate of drug-likeness (QED) is 0.530. The van der Waals surface area contributed by atoms with Gasteiger partial charge in [0.1, 0.15) is 5.60 Å². The summed E-state index contributed by atoms with van der Waals surface area (Å²) in [6.45, 7) is 2.13. The van der Waals surface area contributed by atoms with Crippen LogP contribution in [0.25, 0.3) is 0 Å². The zero-order valence-corrected chi connectivity index (χ0v) is 12.1. The van der Waals surface area contributed by atoms with Gasteiger partial charge in [-0.1, -0.05) is 6.92 Å². The van der Waals surface area contributed by atoms with Gasteiger partial charge in [-0.15, -0.1) is 0 Å². The molecule has 0 aromatic carbocycles. The zero-order chi connectivity index (χ0) is 15.9. The molecule has 118 valence electrons. The number of nitrogens with zero attached hydrogens (tertiary/aromatic N) is 1. The molecule has 21 heavy (non-hydrogen) atoms. The van der Waals surface area contributed by atoms with Crippen LogP contribution in [0, 0.1) is 5.95 Å². The van der Waals surface area contributed by atoms with Crippen molar-refractivity contribution in [1.29, 1.82) is 0 Å².